The molecule has 30 heavy (non-hydrogen) atoms. The van der Waals surface area contributed by atoms with Crippen molar-refractivity contribution in [3.63, 3.8) is 0 Å². The maximum absolute atomic E-state index is 12.6. The van der Waals surface area contributed by atoms with Gasteiger partial charge in [-0.3, -0.25) is 14.9 Å². The van der Waals surface area contributed by atoms with E-state index in [0.29, 0.717) is 28.6 Å². The molecule has 1 atom stereocenters. The fourth-order valence-electron chi connectivity index (χ4n) is 3.31. The van der Waals surface area contributed by atoms with E-state index in [1.165, 1.54) is 0 Å². The van der Waals surface area contributed by atoms with Gasteiger partial charge in [-0.1, -0.05) is 30.3 Å². The van der Waals surface area contributed by atoms with Crippen LogP contribution >= 0.6 is 0 Å². The van der Waals surface area contributed by atoms with Gasteiger partial charge in [0.25, 0.3) is 5.91 Å². The topological polar surface area (TPSA) is 113 Å². The van der Waals surface area contributed by atoms with Crippen LogP contribution < -0.4 is 16.0 Å². The van der Waals surface area contributed by atoms with Gasteiger partial charge < -0.3 is 15.1 Å². The molecule has 4 amide bonds. The Labute approximate surface area is 172 Å². The van der Waals surface area contributed by atoms with Gasteiger partial charge in [0.1, 0.15) is 11.3 Å². The minimum atomic E-state index is -1.19. The van der Waals surface area contributed by atoms with E-state index in [1.54, 1.807) is 38.1 Å². The lowest BCUT2D eigenvalue weighted by molar-refractivity contribution is -0.123. The average molecular weight is 404 g/mol. The maximum Gasteiger partial charge on any atom is 0.322 e. The normalized spacial score (nSPS) is 18.1. The number of anilines is 1. The highest BCUT2D eigenvalue weighted by molar-refractivity contribution is 6.07. The third-order valence-electron chi connectivity index (χ3n) is 5.01. The van der Waals surface area contributed by atoms with E-state index >= 15 is 0 Å². The number of imide groups is 1. The number of nitrogens with one attached hydrogen (secondary N) is 3. The predicted octanol–water partition coefficient (Wildman–Crippen LogP) is 2.89. The fourth-order valence-corrected chi connectivity index (χ4v) is 3.31. The Morgan fingerprint density at radius 3 is 2.60 bits per heavy atom. The minimum Gasteiger partial charge on any atom is -0.441 e. The molecule has 2 aromatic carbocycles. The van der Waals surface area contributed by atoms with Crippen molar-refractivity contribution in [2.75, 3.05) is 5.32 Å². The number of oxazole rings is 1. The van der Waals surface area contributed by atoms with Crippen molar-refractivity contribution in [2.24, 2.45) is 0 Å². The van der Waals surface area contributed by atoms with Crippen LogP contribution in [-0.4, -0.2) is 22.8 Å². The van der Waals surface area contributed by atoms with E-state index in [4.69, 9.17) is 4.42 Å². The lowest BCUT2D eigenvalue weighted by Crippen LogP contribution is -2.40. The second kappa shape index (κ2) is 7.47. The Hall–Kier alpha value is -3.94. The summed E-state index contributed by atoms with van der Waals surface area (Å²) in [5.74, 6) is 0.334. The number of benzene rings is 2. The third-order valence-corrected chi connectivity index (χ3v) is 5.01. The molecule has 1 aliphatic rings. The second-order valence-electron chi connectivity index (χ2n) is 7.23. The summed E-state index contributed by atoms with van der Waals surface area (Å²) in [4.78, 5) is 40.7. The first kappa shape index (κ1) is 19.4. The predicted molar refractivity (Wildman–Crippen MR) is 109 cm³/mol. The van der Waals surface area contributed by atoms with Crippen LogP contribution in [0, 0.1) is 6.92 Å². The fraction of sp³-hybridized carbons (Fsp3) is 0.182. The zero-order valence-electron chi connectivity index (χ0n) is 16.5. The number of amides is 4. The van der Waals surface area contributed by atoms with Crippen LogP contribution in [0.1, 0.15) is 23.9 Å². The molecule has 4 rings (SSSR count). The minimum absolute atomic E-state index is 0.0425. The summed E-state index contributed by atoms with van der Waals surface area (Å²) in [5, 5.41) is 7.64. The number of aromatic nitrogens is 1. The van der Waals surface area contributed by atoms with Crippen LogP contribution in [0.25, 0.3) is 11.5 Å². The van der Waals surface area contributed by atoms with Gasteiger partial charge in [-0.15, -0.1) is 0 Å². The Kier molecular flexibility index (Phi) is 4.83. The molecule has 0 spiro atoms. The van der Waals surface area contributed by atoms with Crippen LogP contribution in [0.4, 0.5) is 10.5 Å². The molecule has 0 radical (unpaired) electrons. The zero-order valence-corrected chi connectivity index (χ0v) is 16.5. The standard InChI is InChI=1S/C22H20N4O4/c1-13-17(24-19(30-13)14-7-4-3-5-8-14)12-18(27)23-16-10-6-9-15(11-16)22(2)20(28)25-21(29)26-22/h3-11H,12H2,1-2H3,(H,23,27)(H2,25,26,28,29)/t22-/m1/s1. The summed E-state index contributed by atoms with van der Waals surface area (Å²) in [6, 6.07) is 15.7. The number of urea groups is 1. The van der Waals surface area contributed by atoms with Crippen molar-refractivity contribution in [1.82, 2.24) is 15.6 Å². The number of carbonyl (C=O) groups excluding carboxylic acids is 3. The van der Waals surface area contributed by atoms with E-state index < -0.39 is 17.5 Å². The lowest BCUT2D eigenvalue weighted by Gasteiger charge is -2.21. The number of hydrogen-bond donors (Lipinski definition) is 3. The monoisotopic (exact) mass is 404 g/mol. The lowest BCUT2D eigenvalue weighted by atomic mass is 9.92. The second-order valence-corrected chi connectivity index (χ2v) is 7.23. The summed E-state index contributed by atoms with van der Waals surface area (Å²) in [7, 11) is 0. The summed E-state index contributed by atoms with van der Waals surface area (Å²) in [5.41, 5.74) is 1.28. The summed E-state index contributed by atoms with van der Waals surface area (Å²) >= 11 is 0. The first-order valence-corrected chi connectivity index (χ1v) is 9.41. The highest BCUT2D eigenvalue weighted by Gasteiger charge is 2.43. The molecule has 1 aromatic heterocycles. The molecule has 1 fully saturated rings. The molecule has 8 nitrogen and oxygen atoms in total. The van der Waals surface area contributed by atoms with Crippen LogP contribution in [-0.2, 0) is 21.5 Å². The van der Waals surface area contributed by atoms with Crippen molar-refractivity contribution in [3.05, 3.63) is 71.6 Å². The highest BCUT2D eigenvalue weighted by Crippen LogP contribution is 2.27. The van der Waals surface area contributed by atoms with Crippen molar-refractivity contribution >= 4 is 23.5 Å². The number of hydrogen-bond acceptors (Lipinski definition) is 5. The van der Waals surface area contributed by atoms with Crippen molar-refractivity contribution in [1.29, 1.82) is 0 Å². The average Bonchev–Trinajstić information content (AvgIpc) is 3.21. The SMILES string of the molecule is Cc1oc(-c2ccccc2)nc1CC(=O)Nc1cccc([C@@]2(C)NC(=O)NC2=O)c1. The smallest absolute Gasteiger partial charge is 0.322 e. The molecule has 0 saturated carbocycles. The Morgan fingerprint density at radius 1 is 1.13 bits per heavy atom. The van der Waals surface area contributed by atoms with Gasteiger partial charge in [0, 0.05) is 11.3 Å². The molecule has 0 unspecified atom stereocenters. The molecule has 0 bridgehead atoms. The summed E-state index contributed by atoms with van der Waals surface area (Å²) < 4.78 is 5.70. The molecule has 3 aromatic rings. The molecular weight excluding hydrogens is 384 g/mol. The number of rotatable bonds is 5. The van der Waals surface area contributed by atoms with E-state index in [0.717, 1.165) is 5.56 Å². The van der Waals surface area contributed by atoms with E-state index in [1.807, 2.05) is 30.3 Å². The van der Waals surface area contributed by atoms with Crippen molar-refractivity contribution < 1.29 is 18.8 Å². The number of carbonyl (C=O) groups is 3. The summed E-state index contributed by atoms with van der Waals surface area (Å²) in [6.07, 6.45) is 0.0425. The maximum atomic E-state index is 12.6. The number of nitrogens with zero attached hydrogens (tertiary/aromatic N) is 1. The first-order valence-electron chi connectivity index (χ1n) is 9.41. The van der Waals surface area contributed by atoms with Crippen LogP contribution in [0.15, 0.2) is 59.0 Å². The third kappa shape index (κ3) is 3.67. The van der Waals surface area contributed by atoms with Gasteiger partial charge in [-0.2, -0.15) is 0 Å². The molecule has 2 heterocycles. The summed E-state index contributed by atoms with van der Waals surface area (Å²) in [6.45, 7) is 3.38. The molecule has 8 heteroatoms. The molecular formula is C22H20N4O4. The van der Waals surface area contributed by atoms with Crippen LogP contribution in [0.2, 0.25) is 0 Å². The van der Waals surface area contributed by atoms with Crippen molar-refractivity contribution in [2.45, 2.75) is 25.8 Å². The van der Waals surface area contributed by atoms with Gasteiger partial charge in [-0.25, -0.2) is 9.78 Å². The van der Waals surface area contributed by atoms with E-state index in [2.05, 4.69) is 20.9 Å². The molecule has 3 N–H and O–H groups in total. The van der Waals surface area contributed by atoms with Gasteiger partial charge in [-0.05, 0) is 43.7 Å². The van der Waals surface area contributed by atoms with Crippen LogP contribution in [0.5, 0.6) is 0 Å². The Bertz CT molecular complexity index is 1140. The molecule has 1 saturated heterocycles. The van der Waals surface area contributed by atoms with E-state index in [-0.39, 0.29) is 12.3 Å². The largest absolute Gasteiger partial charge is 0.441 e. The van der Waals surface area contributed by atoms with Gasteiger partial charge in [0.05, 0.1) is 12.1 Å². The van der Waals surface area contributed by atoms with Crippen LogP contribution in [0.3, 0.4) is 0 Å². The first-order chi connectivity index (χ1) is 14.3. The zero-order chi connectivity index (χ0) is 21.3. The highest BCUT2D eigenvalue weighted by atomic mass is 16.4. The number of aryl methyl sites for hydroxylation is 1. The quantitative estimate of drug-likeness (QED) is 0.566. The van der Waals surface area contributed by atoms with Gasteiger partial charge in [0.2, 0.25) is 11.8 Å². The molecule has 1 aliphatic heterocycles. The molecule has 152 valence electrons. The molecule has 0 aliphatic carbocycles. The van der Waals surface area contributed by atoms with Crippen molar-refractivity contribution in [3.8, 4) is 11.5 Å². The van der Waals surface area contributed by atoms with E-state index in [9.17, 15) is 14.4 Å². The van der Waals surface area contributed by atoms with Gasteiger partial charge >= 0.3 is 6.03 Å². The van der Waals surface area contributed by atoms with Gasteiger partial charge in [0.15, 0.2) is 0 Å². The Morgan fingerprint density at radius 2 is 1.90 bits per heavy atom. The Balaban J connectivity index is 1.48.